The smallest absolute Gasteiger partial charge is 0.245 e. The highest BCUT2D eigenvalue weighted by atomic mass is 19.1. The SMILES string of the molecule is C=CC(=O)N1CCC[C@@H](c2ccc3ncnc(Nc4ccc(Oc5ccn6ncnc6c5)c(C)c4F)c3n2)CC1. The summed E-state index contributed by atoms with van der Waals surface area (Å²) in [5.74, 6) is 1.01. The molecule has 1 fully saturated rings. The number of aromatic nitrogens is 6. The van der Waals surface area contributed by atoms with Gasteiger partial charge in [0.15, 0.2) is 17.3 Å². The van der Waals surface area contributed by atoms with Crippen molar-refractivity contribution < 1.29 is 13.9 Å². The first-order valence-electron chi connectivity index (χ1n) is 13.1. The van der Waals surface area contributed by atoms with E-state index in [1.807, 2.05) is 17.0 Å². The molecule has 4 aromatic heterocycles. The number of amides is 1. The Morgan fingerprint density at radius 3 is 2.90 bits per heavy atom. The molecule has 1 aromatic carbocycles. The van der Waals surface area contributed by atoms with Crippen molar-refractivity contribution in [1.82, 2.24) is 34.4 Å². The lowest BCUT2D eigenvalue weighted by Crippen LogP contribution is -2.30. The molecule has 0 spiro atoms. The molecule has 5 aromatic rings. The Hall–Kier alpha value is -4.93. The lowest BCUT2D eigenvalue weighted by atomic mass is 9.96. The number of fused-ring (bicyclic) bond motifs is 2. The zero-order valence-electron chi connectivity index (χ0n) is 21.9. The van der Waals surface area contributed by atoms with Gasteiger partial charge < -0.3 is 15.0 Å². The maximum Gasteiger partial charge on any atom is 0.245 e. The summed E-state index contributed by atoms with van der Waals surface area (Å²) in [5, 5.41) is 7.18. The van der Waals surface area contributed by atoms with E-state index in [4.69, 9.17) is 9.72 Å². The molecule has 1 saturated heterocycles. The third-order valence-electron chi connectivity index (χ3n) is 7.21. The van der Waals surface area contributed by atoms with Crippen LogP contribution >= 0.6 is 0 Å². The highest BCUT2D eigenvalue weighted by Gasteiger charge is 2.22. The number of carbonyl (C=O) groups excluding carboxylic acids is 1. The molecule has 0 saturated carbocycles. The van der Waals surface area contributed by atoms with Crippen molar-refractivity contribution in [2.45, 2.75) is 32.1 Å². The maximum absolute atomic E-state index is 15.5. The molecular weight excluding hydrogens is 511 g/mol. The summed E-state index contributed by atoms with van der Waals surface area (Å²) in [6.45, 7) is 6.62. The minimum absolute atomic E-state index is 0.0443. The van der Waals surface area contributed by atoms with Gasteiger partial charge in [-0.3, -0.25) is 4.79 Å². The number of rotatable bonds is 6. The Morgan fingerprint density at radius 1 is 1.12 bits per heavy atom. The number of pyridine rings is 2. The summed E-state index contributed by atoms with van der Waals surface area (Å²) in [5.41, 5.74) is 3.33. The van der Waals surface area contributed by atoms with Gasteiger partial charge in [0.1, 0.15) is 29.7 Å². The Labute approximate surface area is 229 Å². The molecule has 1 aliphatic heterocycles. The van der Waals surface area contributed by atoms with E-state index in [0.717, 1.165) is 25.0 Å². The number of hydrogen-bond donors (Lipinski definition) is 1. The van der Waals surface area contributed by atoms with E-state index in [0.29, 0.717) is 52.7 Å². The number of benzene rings is 1. The number of hydrogen-bond acceptors (Lipinski definition) is 8. The van der Waals surface area contributed by atoms with E-state index in [1.54, 1.807) is 41.9 Å². The van der Waals surface area contributed by atoms with Crippen LogP contribution in [-0.4, -0.2) is 53.4 Å². The van der Waals surface area contributed by atoms with Crippen LogP contribution in [0.25, 0.3) is 16.7 Å². The fourth-order valence-electron chi connectivity index (χ4n) is 5.00. The average molecular weight is 539 g/mol. The molecule has 1 atom stereocenters. The van der Waals surface area contributed by atoms with Crippen LogP contribution in [0.4, 0.5) is 15.9 Å². The second-order valence-corrected chi connectivity index (χ2v) is 9.69. The predicted octanol–water partition coefficient (Wildman–Crippen LogP) is 5.33. The van der Waals surface area contributed by atoms with Gasteiger partial charge in [-0.1, -0.05) is 6.58 Å². The van der Waals surface area contributed by atoms with Crippen LogP contribution in [0.2, 0.25) is 0 Å². The van der Waals surface area contributed by atoms with Gasteiger partial charge in [0, 0.05) is 42.5 Å². The normalized spacial score (nSPS) is 15.7. The molecule has 0 unspecified atom stereocenters. The first-order chi connectivity index (χ1) is 19.5. The van der Waals surface area contributed by atoms with E-state index < -0.39 is 5.82 Å². The largest absolute Gasteiger partial charge is 0.457 e. The summed E-state index contributed by atoms with van der Waals surface area (Å²) in [6, 6.07) is 10.7. The monoisotopic (exact) mass is 538 g/mol. The molecule has 10 nitrogen and oxygen atoms in total. The third kappa shape index (κ3) is 4.93. The summed E-state index contributed by atoms with van der Waals surface area (Å²) < 4.78 is 23.1. The Bertz CT molecular complexity index is 1740. The van der Waals surface area contributed by atoms with Gasteiger partial charge in [-0.25, -0.2) is 28.8 Å². The van der Waals surface area contributed by atoms with Crippen LogP contribution < -0.4 is 10.1 Å². The first kappa shape index (κ1) is 25.4. The van der Waals surface area contributed by atoms with E-state index in [-0.39, 0.29) is 17.5 Å². The molecule has 5 heterocycles. The Balaban J connectivity index is 1.25. The second kappa shape index (κ2) is 10.7. The summed E-state index contributed by atoms with van der Waals surface area (Å²) in [7, 11) is 0. The van der Waals surface area contributed by atoms with Gasteiger partial charge in [0.05, 0.1) is 11.2 Å². The molecule has 40 heavy (non-hydrogen) atoms. The Kier molecular flexibility index (Phi) is 6.77. The number of ether oxygens (including phenoxy) is 1. The minimum Gasteiger partial charge on any atom is -0.457 e. The molecule has 202 valence electrons. The lowest BCUT2D eigenvalue weighted by molar-refractivity contribution is -0.125. The van der Waals surface area contributed by atoms with Crippen LogP contribution in [-0.2, 0) is 4.79 Å². The number of carbonyl (C=O) groups is 1. The fraction of sp³-hybridized carbons (Fsp3) is 0.241. The van der Waals surface area contributed by atoms with Crippen molar-refractivity contribution in [2.75, 3.05) is 18.4 Å². The summed E-state index contributed by atoms with van der Waals surface area (Å²) >= 11 is 0. The number of anilines is 2. The highest BCUT2D eigenvalue weighted by molar-refractivity contribution is 5.87. The van der Waals surface area contributed by atoms with Crippen LogP contribution in [0, 0.1) is 12.7 Å². The zero-order chi connectivity index (χ0) is 27.6. The highest BCUT2D eigenvalue weighted by Crippen LogP contribution is 2.34. The molecule has 0 bridgehead atoms. The van der Waals surface area contributed by atoms with Crippen LogP contribution in [0.15, 0.2) is 67.9 Å². The molecule has 0 radical (unpaired) electrons. The molecule has 6 rings (SSSR count). The number of nitrogens with one attached hydrogen (secondary N) is 1. The third-order valence-corrected chi connectivity index (χ3v) is 7.21. The molecule has 0 aliphatic carbocycles. The van der Waals surface area contributed by atoms with E-state index in [1.165, 1.54) is 18.7 Å². The van der Waals surface area contributed by atoms with E-state index in [9.17, 15) is 4.79 Å². The fourth-order valence-corrected chi connectivity index (χ4v) is 5.00. The second-order valence-electron chi connectivity index (χ2n) is 9.69. The van der Waals surface area contributed by atoms with E-state index in [2.05, 4.69) is 31.9 Å². The van der Waals surface area contributed by atoms with Crippen LogP contribution in [0.1, 0.15) is 36.4 Å². The van der Waals surface area contributed by atoms with Crippen molar-refractivity contribution in [3.63, 3.8) is 0 Å². The summed E-state index contributed by atoms with van der Waals surface area (Å²) in [6.07, 6.45) is 8.57. The standard InChI is InChI=1S/C29H27FN8O2/c1-3-26(39)37-12-4-5-19(10-13-37)21-6-7-23-28(35-21)29(33-16-31-23)36-22-8-9-24(18(2)27(22)30)40-20-11-14-38-25(15-20)32-17-34-38/h3,6-9,11,14-17,19H,1,4-5,10,12-13H2,2H3,(H,31,33,36)/t19-/m1/s1. The van der Waals surface area contributed by atoms with Crippen LogP contribution in [0.5, 0.6) is 11.5 Å². The van der Waals surface area contributed by atoms with Gasteiger partial charge in [-0.05, 0) is 62.6 Å². The predicted molar refractivity (Wildman–Crippen MR) is 148 cm³/mol. The molecule has 1 N–H and O–H groups in total. The molecule has 11 heteroatoms. The van der Waals surface area contributed by atoms with Gasteiger partial charge in [0.25, 0.3) is 0 Å². The Morgan fingerprint density at radius 2 is 2.02 bits per heavy atom. The topological polar surface area (TPSA) is 110 Å². The van der Waals surface area contributed by atoms with Crippen molar-refractivity contribution in [3.05, 3.63) is 85.0 Å². The number of halogens is 1. The van der Waals surface area contributed by atoms with Crippen molar-refractivity contribution in [2.24, 2.45) is 0 Å². The van der Waals surface area contributed by atoms with Crippen LogP contribution in [0.3, 0.4) is 0 Å². The van der Waals surface area contributed by atoms with Crippen molar-refractivity contribution in [1.29, 1.82) is 0 Å². The first-order valence-corrected chi connectivity index (χ1v) is 13.1. The molecule has 1 aliphatic rings. The molecule has 1 amide bonds. The average Bonchev–Trinajstić information content (AvgIpc) is 3.31. The molecular formula is C29H27FN8O2. The number of likely N-dealkylation sites (tertiary alicyclic amines) is 1. The van der Waals surface area contributed by atoms with Crippen molar-refractivity contribution >= 4 is 34.1 Å². The van der Waals surface area contributed by atoms with Gasteiger partial charge in [-0.2, -0.15) is 5.10 Å². The lowest BCUT2D eigenvalue weighted by Gasteiger charge is -2.18. The van der Waals surface area contributed by atoms with Gasteiger partial charge in [-0.15, -0.1) is 0 Å². The quantitative estimate of drug-likeness (QED) is 0.289. The van der Waals surface area contributed by atoms with E-state index >= 15 is 4.39 Å². The number of nitrogens with zero attached hydrogens (tertiary/aromatic N) is 7. The van der Waals surface area contributed by atoms with Gasteiger partial charge in [0.2, 0.25) is 5.91 Å². The maximum atomic E-state index is 15.5. The zero-order valence-corrected chi connectivity index (χ0v) is 21.9. The summed E-state index contributed by atoms with van der Waals surface area (Å²) in [4.78, 5) is 31.7. The van der Waals surface area contributed by atoms with Crippen molar-refractivity contribution in [3.8, 4) is 11.5 Å². The van der Waals surface area contributed by atoms with Gasteiger partial charge >= 0.3 is 0 Å². The minimum atomic E-state index is -0.459.